The Bertz CT molecular complexity index is 923. The predicted molar refractivity (Wildman–Crippen MR) is 109 cm³/mol. The molecule has 1 aliphatic heterocycles. The molecule has 2 aromatic rings. The van der Waals surface area contributed by atoms with Crippen LogP contribution in [-0.2, 0) is 26.6 Å². The molecule has 2 heterocycles. The van der Waals surface area contributed by atoms with E-state index in [4.69, 9.17) is 4.74 Å². The predicted octanol–water partition coefficient (Wildman–Crippen LogP) is 2.12. The van der Waals surface area contributed by atoms with E-state index < -0.39 is 10.0 Å². The number of carbonyl (C=O) groups is 1. The molecule has 0 bridgehead atoms. The van der Waals surface area contributed by atoms with Crippen molar-refractivity contribution in [2.45, 2.75) is 31.1 Å². The average Bonchev–Trinajstić information content (AvgIpc) is 3.08. The molecule has 8 heteroatoms. The Hall–Kier alpha value is -1.90. The first-order valence-electron chi connectivity index (χ1n) is 9.84. The van der Waals surface area contributed by atoms with E-state index in [0.29, 0.717) is 39.1 Å². The van der Waals surface area contributed by atoms with E-state index in [1.54, 1.807) is 12.1 Å². The lowest BCUT2D eigenvalue weighted by molar-refractivity contribution is -0.126. The zero-order valence-corrected chi connectivity index (χ0v) is 17.4. The number of ether oxygens (including phenoxy) is 1. The Labute approximate surface area is 166 Å². The number of piperidine rings is 1. The highest BCUT2D eigenvalue weighted by Gasteiger charge is 2.33. The van der Waals surface area contributed by atoms with Gasteiger partial charge in [-0.3, -0.25) is 4.79 Å². The smallest absolute Gasteiger partial charge is 0.243 e. The van der Waals surface area contributed by atoms with Crippen LogP contribution >= 0.6 is 0 Å². The van der Waals surface area contributed by atoms with E-state index in [1.807, 2.05) is 36.9 Å². The lowest BCUT2D eigenvalue weighted by atomic mass is 9.99. The van der Waals surface area contributed by atoms with Crippen LogP contribution in [0.1, 0.15) is 26.2 Å². The van der Waals surface area contributed by atoms with Crippen molar-refractivity contribution in [1.82, 2.24) is 14.2 Å². The molecule has 1 saturated heterocycles. The molecule has 28 heavy (non-hydrogen) atoms. The number of sulfonamides is 1. The molecule has 1 fully saturated rings. The number of fused-ring (bicyclic) bond motifs is 1. The summed E-state index contributed by atoms with van der Waals surface area (Å²) in [5.74, 6) is -0.383. The van der Waals surface area contributed by atoms with Gasteiger partial charge in [0.15, 0.2) is 0 Å². The van der Waals surface area contributed by atoms with Gasteiger partial charge in [0.2, 0.25) is 15.9 Å². The molecule has 1 aromatic heterocycles. The van der Waals surface area contributed by atoms with E-state index >= 15 is 0 Å². The summed E-state index contributed by atoms with van der Waals surface area (Å²) < 4.78 is 34.9. The summed E-state index contributed by atoms with van der Waals surface area (Å²) in [5.41, 5.74) is 0.988. The molecule has 7 nitrogen and oxygen atoms in total. The third kappa shape index (κ3) is 4.56. The highest BCUT2D eigenvalue weighted by molar-refractivity contribution is 7.89. The fraction of sp³-hybridized carbons (Fsp3) is 0.550. The van der Waals surface area contributed by atoms with Crippen LogP contribution < -0.4 is 5.32 Å². The molecule has 0 spiro atoms. The normalized spacial score (nSPS) is 18.4. The molecule has 1 atom stereocenters. The van der Waals surface area contributed by atoms with Gasteiger partial charge in [0.05, 0.1) is 10.8 Å². The number of hydrogen-bond donors (Lipinski definition) is 1. The molecule has 1 amide bonds. The summed E-state index contributed by atoms with van der Waals surface area (Å²) in [6, 6.07) is 7.09. The minimum atomic E-state index is -3.62. The van der Waals surface area contributed by atoms with Crippen molar-refractivity contribution < 1.29 is 17.9 Å². The van der Waals surface area contributed by atoms with Crippen molar-refractivity contribution in [3.05, 3.63) is 30.5 Å². The van der Waals surface area contributed by atoms with Crippen molar-refractivity contribution in [3.8, 4) is 0 Å². The molecule has 0 saturated carbocycles. The number of nitrogens with one attached hydrogen (secondary N) is 1. The Balaban J connectivity index is 1.65. The van der Waals surface area contributed by atoms with Crippen LogP contribution in [0.3, 0.4) is 0 Å². The summed E-state index contributed by atoms with van der Waals surface area (Å²) in [4.78, 5) is 12.7. The molecular formula is C20H29N3O4S. The molecule has 0 unspecified atom stereocenters. The van der Waals surface area contributed by atoms with Crippen molar-refractivity contribution in [3.63, 3.8) is 0 Å². The number of rotatable bonds is 8. The van der Waals surface area contributed by atoms with Crippen molar-refractivity contribution in [1.29, 1.82) is 0 Å². The molecule has 0 radical (unpaired) electrons. The molecular weight excluding hydrogens is 378 g/mol. The van der Waals surface area contributed by atoms with E-state index in [1.165, 1.54) is 4.31 Å². The second-order valence-corrected chi connectivity index (χ2v) is 9.13. The number of nitrogens with zero attached hydrogens (tertiary/aromatic N) is 2. The molecule has 0 aliphatic carbocycles. The van der Waals surface area contributed by atoms with E-state index in [9.17, 15) is 13.2 Å². The summed E-state index contributed by atoms with van der Waals surface area (Å²) in [6.45, 7) is 4.44. The first-order valence-corrected chi connectivity index (χ1v) is 11.3. The minimum Gasteiger partial charge on any atom is -0.382 e. The Morgan fingerprint density at radius 3 is 2.93 bits per heavy atom. The molecule has 1 N–H and O–H groups in total. The van der Waals surface area contributed by atoms with Gasteiger partial charge in [0.1, 0.15) is 0 Å². The van der Waals surface area contributed by atoms with Gasteiger partial charge in [-0.05, 0) is 50.5 Å². The Kier molecular flexibility index (Phi) is 6.74. The van der Waals surface area contributed by atoms with Crippen LogP contribution in [0, 0.1) is 5.92 Å². The lowest BCUT2D eigenvalue weighted by Gasteiger charge is -2.31. The maximum atomic E-state index is 13.1. The van der Waals surface area contributed by atoms with Gasteiger partial charge >= 0.3 is 0 Å². The number of benzene rings is 1. The third-order valence-electron chi connectivity index (χ3n) is 5.22. The zero-order chi connectivity index (χ0) is 20.1. The summed E-state index contributed by atoms with van der Waals surface area (Å²) in [5, 5.41) is 3.80. The Morgan fingerprint density at radius 1 is 1.32 bits per heavy atom. The van der Waals surface area contributed by atoms with Gasteiger partial charge in [-0.2, -0.15) is 4.31 Å². The molecule has 1 aromatic carbocycles. The second-order valence-electron chi connectivity index (χ2n) is 7.19. The lowest BCUT2D eigenvalue weighted by Crippen LogP contribution is -2.45. The first kappa shape index (κ1) is 20.8. The van der Waals surface area contributed by atoms with Crippen LogP contribution in [0.25, 0.3) is 10.9 Å². The van der Waals surface area contributed by atoms with Crippen LogP contribution in [0.5, 0.6) is 0 Å². The van der Waals surface area contributed by atoms with Crippen LogP contribution in [-0.4, -0.2) is 56.0 Å². The highest BCUT2D eigenvalue weighted by atomic mass is 32.2. The van der Waals surface area contributed by atoms with Crippen LogP contribution in [0.2, 0.25) is 0 Å². The highest BCUT2D eigenvalue weighted by Crippen LogP contribution is 2.26. The SMILES string of the molecule is CCOCCCNC(=O)[C@H]1CCCN(S(=O)(=O)c2ccc3c(ccn3C)c2)C1. The van der Waals surface area contributed by atoms with Gasteiger partial charge < -0.3 is 14.6 Å². The zero-order valence-electron chi connectivity index (χ0n) is 16.6. The summed E-state index contributed by atoms with van der Waals surface area (Å²) in [7, 11) is -1.69. The van der Waals surface area contributed by atoms with Gasteiger partial charge in [-0.15, -0.1) is 0 Å². The average molecular weight is 408 g/mol. The maximum Gasteiger partial charge on any atom is 0.243 e. The fourth-order valence-corrected chi connectivity index (χ4v) is 5.18. The largest absolute Gasteiger partial charge is 0.382 e. The topological polar surface area (TPSA) is 80.6 Å². The standard InChI is InChI=1S/C20H29N3O4S/c1-3-27-13-5-10-21-20(24)17-6-4-11-23(15-17)28(25,26)18-7-8-19-16(14-18)9-12-22(19)2/h7-9,12,14,17H,3-6,10-11,13,15H2,1-2H3,(H,21,24)/t17-/m0/s1. The van der Waals surface area contributed by atoms with E-state index in [2.05, 4.69) is 5.32 Å². The third-order valence-corrected chi connectivity index (χ3v) is 7.08. The van der Waals surface area contributed by atoms with Crippen molar-refractivity contribution in [2.24, 2.45) is 13.0 Å². The van der Waals surface area contributed by atoms with Crippen molar-refractivity contribution in [2.75, 3.05) is 32.8 Å². The minimum absolute atomic E-state index is 0.0742. The number of amides is 1. The summed E-state index contributed by atoms with van der Waals surface area (Å²) in [6.07, 6.45) is 4.06. The van der Waals surface area contributed by atoms with Gasteiger partial charge in [-0.25, -0.2) is 8.42 Å². The van der Waals surface area contributed by atoms with E-state index in [-0.39, 0.29) is 23.3 Å². The number of hydrogen-bond acceptors (Lipinski definition) is 4. The van der Waals surface area contributed by atoms with Crippen molar-refractivity contribution >= 4 is 26.8 Å². The maximum absolute atomic E-state index is 13.1. The van der Waals surface area contributed by atoms with Crippen LogP contribution in [0.4, 0.5) is 0 Å². The van der Waals surface area contributed by atoms with Crippen LogP contribution in [0.15, 0.2) is 35.4 Å². The van der Waals surface area contributed by atoms with E-state index in [0.717, 1.165) is 17.3 Å². The molecule has 3 rings (SSSR count). The van der Waals surface area contributed by atoms with Gasteiger partial charge in [0.25, 0.3) is 0 Å². The molecule has 154 valence electrons. The quantitative estimate of drug-likeness (QED) is 0.680. The number of carbonyl (C=O) groups excluding carboxylic acids is 1. The Morgan fingerprint density at radius 2 is 2.14 bits per heavy atom. The summed E-state index contributed by atoms with van der Waals surface area (Å²) >= 11 is 0. The van der Waals surface area contributed by atoms with Gasteiger partial charge in [-0.1, -0.05) is 0 Å². The molecule has 1 aliphatic rings. The monoisotopic (exact) mass is 407 g/mol. The number of aryl methyl sites for hydroxylation is 1. The first-order chi connectivity index (χ1) is 13.4. The van der Waals surface area contributed by atoms with Gasteiger partial charge in [0, 0.05) is 57.0 Å². The number of aromatic nitrogens is 1. The fourth-order valence-electron chi connectivity index (χ4n) is 3.62. The second kappa shape index (κ2) is 9.07.